The summed E-state index contributed by atoms with van der Waals surface area (Å²) in [5, 5.41) is 0. The maximum atomic E-state index is 14.4. The molecular weight excluding hydrogens is 367 g/mol. The summed E-state index contributed by atoms with van der Waals surface area (Å²) in [7, 11) is 1.55. The number of nitrogens with zero attached hydrogens (tertiary/aromatic N) is 1. The van der Waals surface area contributed by atoms with E-state index in [-0.39, 0.29) is 22.1 Å². The van der Waals surface area contributed by atoms with Crippen molar-refractivity contribution in [1.82, 2.24) is 9.55 Å². The van der Waals surface area contributed by atoms with Crippen LogP contribution in [0.25, 0.3) is 11.0 Å². The molecule has 0 fully saturated rings. The number of halogens is 2. The van der Waals surface area contributed by atoms with Gasteiger partial charge in [-0.25, -0.2) is 4.39 Å². The number of aromatic nitrogens is 2. The minimum atomic E-state index is -0.801. The van der Waals surface area contributed by atoms with Crippen LogP contribution in [0.2, 0.25) is 0 Å². The lowest BCUT2D eigenvalue weighted by Crippen LogP contribution is -2.37. The minimum absolute atomic E-state index is 0.0554. The Hall–Kier alpha value is -2.41. The SMILES string of the molecule is COc1ccc(Cn2c(=O)c(=O)[nH]c3ccc(Br)c(F)c32)cc1. The molecule has 0 aliphatic carbocycles. The maximum absolute atomic E-state index is 14.4. The third kappa shape index (κ3) is 2.79. The van der Waals surface area contributed by atoms with Crippen molar-refractivity contribution in [2.24, 2.45) is 0 Å². The van der Waals surface area contributed by atoms with Crippen molar-refractivity contribution in [3.05, 3.63) is 73.0 Å². The number of aromatic amines is 1. The second-order valence-electron chi connectivity index (χ2n) is 4.95. The summed E-state index contributed by atoms with van der Waals surface area (Å²) >= 11 is 3.10. The smallest absolute Gasteiger partial charge is 0.317 e. The quantitative estimate of drug-likeness (QED) is 0.712. The highest BCUT2D eigenvalue weighted by Crippen LogP contribution is 2.23. The Morgan fingerprint density at radius 3 is 2.52 bits per heavy atom. The van der Waals surface area contributed by atoms with Gasteiger partial charge in [-0.3, -0.25) is 14.2 Å². The Bertz CT molecular complexity index is 993. The summed E-state index contributed by atoms with van der Waals surface area (Å²) in [6.45, 7) is 0.0800. The molecule has 1 aromatic heterocycles. The van der Waals surface area contributed by atoms with Gasteiger partial charge >= 0.3 is 11.1 Å². The largest absolute Gasteiger partial charge is 0.497 e. The number of nitrogens with one attached hydrogen (secondary N) is 1. The third-order valence-corrected chi connectivity index (χ3v) is 4.14. The van der Waals surface area contributed by atoms with Crippen LogP contribution < -0.4 is 15.9 Å². The molecule has 0 atom stereocenters. The topological polar surface area (TPSA) is 64.1 Å². The van der Waals surface area contributed by atoms with Crippen LogP contribution in [0.15, 0.2) is 50.5 Å². The summed E-state index contributed by atoms with van der Waals surface area (Å²) in [4.78, 5) is 26.4. The highest BCUT2D eigenvalue weighted by Gasteiger charge is 2.14. The summed E-state index contributed by atoms with van der Waals surface area (Å²) in [6.07, 6.45) is 0. The number of hydrogen-bond acceptors (Lipinski definition) is 3. The van der Waals surface area contributed by atoms with Gasteiger partial charge in [0.1, 0.15) is 11.3 Å². The molecule has 0 aliphatic heterocycles. The van der Waals surface area contributed by atoms with Gasteiger partial charge in [0, 0.05) is 0 Å². The Morgan fingerprint density at radius 2 is 1.87 bits per heavy atom. The summed E-state index contributed by atoms with van der Waals surface area (Å²) < 4.78 is 20.9. The van der Waals surface area contributed by atoms with Crippen molar-refractivity contribution in [2.45, 2.75) is 6.54 Å². The van der Waals surface area contributed by atoms with Crippen LogP contribution in [-0.4, -0.2) is 16.7 Å². The highest BCUT2D eigenvalue weighted by atomic mass is 79.9. The van der Waals surface area contributed by atoms with Crippen molar-refractivity contribution in [3.63, 3.8) is 0 Å². The molecule has 23 heavy (non-hydrogen) atoms. The van der Waals surface area contributed by atoms with Crippen LogP contribution in [0, 0.1) is 5.82 Å². The van der Waals surface area contributed by atoms with E-state index in [1.54, 1.807) is 37.4 Å². The normalized spacial score (nSPS) is 10.9. The van der Waals surface area contributed by atoms with Crippen LogP contribution in [0.3, 0.4) is 0 Å². The van der Waals surface area contributed by atoms with Crippen LogP contribution >= 0.6 is 15.9 Å². The van der Waals surface area contributed by atoms with Gasteiger partial charge in [0.15, 0.2) is 5.82 Å². The molecule has 1 N–H and O–H groups in total. The lowest BCUT2D eigenvalue weighted by Gasteiger charge is -2.11. The third-order valence-electron chi connectivity index (χ3n) is 3.53. The van der Waals surface area contributed by atoms with E-state index in [2.05, 4.69) is 20.9 Å². The first-order chi connectivity index (χ1) is 11.0. The highest BCUT2D eigenvalue weighted by molar-refractivity contribution is 9.10. The van der Waals surface area contributed by atoms with E-state index >= 15 is 0 Å². The second kappa shape index (κ2) is 6.00. The van der Waals surface area contributed by atoms with Gasteiger partial charge in [-0.15, -0.1) is 0 Å². The minimum Gasteiger partial charge on any atom is -0.497 e. The molecule has 0 bridgehead atoms. The van der Waals surface area contributed by atoms with Gasteiger partial charge in [0.2, 0.25) is 0 Å². The Balaban J connectivity index is 2.22. The first kappa shape index (κ1) is 15.5. The van der Waals surface area contributed by atoms with E-state index in [9.17, 15) is 14.0 Å². The van der Waals surface area contributed by atoms with Crippen molar-refractivity contribution in [2.75, 3.05) is 7.11 Å². The Labute approximate surface area is 138 Å². The first-order valence-electron chi connectivity index (χ1n) is 6.75. The van der Waals surface area contributed by atoms with Gasteiger partial charge in [-0.1, -0.05) is 12.1 Å². The van der Waals surface area contributed by atoms with E-state index < -0.39 is 16.9 Å². The molecule has 1 heterocycles. The summed E-state index contributed by atoms with van der Waals surface area (Å²) in [5.74, 6) is 0.0788. The molecule has 3 aromatic rings. The number of benzene rings is 2. The fourth-order valence-corrected chi connectivity index (χ4v) is 2.69. The van der Waals surface area contributed by atoms with Gasteiger partial charge in [-0.2, -0.15) is 0 Å². The molecule has 3 rings (SSSR count). The van der Waals surface area contributed by atoms with Crippen molar-refractivity contribution < 1.29 is 9.13 Å². The number of hydrogen-bond donors (Lipinski definition) is 1. The summed E-state index contributed by atoms with van der Waals surface area (Å²) in [5.41, 5.74) is -0.513. The Morgan fingerprint density at radius 1 is 1.17 bits per heavy atom. The number of H-pyrrole nitrogens is 1. The molecule has 2 aromatic carbocycles. The van der Waals surface area contributed by atoms with Crippen molar-refractivity contribution in [1.29, 1.82) is 0 Å². The van der Waals surface area contributed by atoms with E-state index in [1.807, 2.05) is 0 Å². The second-order valence-corrected chi connectivity index (χ2v) is 5.81. The zero-order valence-electron chi connectivity index (χ0n) is 12.1. The van der Waals surface area contributed by atoms with E-state index in [0.717, 1.165) is 10.1 Å². The standard InChI is InChI=1S/C16H12BrFN2O3/c1-23-10-4-2-9(3-5-10)8-20-14-12(19-15(21)16(20)22)7-6-11(17)13(14)18/h2-7H,8H2,1H3,(H,19,21). The van der Waals surface area contributed by atoms with Gasteiger partial charge < -0.3 is 9.72 Å². The number of ether oxygens (including phenoxy) is 1. The molecule has 0 aliphatic rings. The molecule has 0 unspecified atom stereocenters. The van der Waals surface area contributed by atoms with Crippen LogP contribution in [-0.2, 0) is 6.54 Å². The molecule has 0 amide bonds. The number of fused-ring (bicyclic) bond motifs is 1. The maximum Gasteiger partial charge on any atom is 0.317 e. The summed E-state index contributed by atoms with van der Waals surface area (Å²) in [6, 6.07) is 10.0. The van der Waals surface area contributed by atoms with E-state index in [1.165, 1.54) is 6.07 Å². The van der Waals surface area contributed by atoms with Gasteiger partial charge in [-0.05, 0) is 45.8 Å². The monoisotopic (exact) mass is 378 g/mol. The fraction of sp³-hybridized carbons (Fsp3) is 0.125. The van der Waals surface area contributed by atoms with E-state index in [4.69, 9.17) is 4.74 Å². The first-order valence-corrected chi connectivity index (χ1v) is 7.54. The van der Waals surface area contributed by atoms with Crippen LogP contribution in [0.5, 0.6) is 5.75 Å². The molecular formula is C16H12BrFN2O3. The predicted octanol–water partition coefficient (Wildman–Crippen LogP) is 2.65. The zero-order chi connectivity index (χ0) is 16.6. The van der Waals surface area contributed by atoms with Gasteiger partial charge in [0.25, 0.3) is 0 Å². The van der Waals surface area contributed by atoms with E-state index in [0.29, 0.717) is 5.75 Å². The molecule has 0 spiro atoms. The fourth-order valence-electron chi connectivity index (χ4n) is 2.37. The average molecular weight is 379 g/mol. The molecule has 0 saturated heterocycles. The lowest BCUT2D eigenvalue weighted by atomic mass is 10.2. The Kier molecular flexibility index (Phi) is 4.04. The molecule has 5 nitrogen and oxygen atoms in total. The van der Waals surface area contributed by atoms with Crippen molar-refractivity contribution in [3.8, 4) is 5.75 Å². The molecule has 0 saturated carbocycles. The van der Waals surface area contributed by atoms with Crippen LogP contribution in [0.4, 0.5) is 4.39 Å². The molecule has 118 valence electrons. The number of methoxy groups -OCH3 is 1. The average Bonchev–Trinajstić information content (AvgIpc) is 2.56. The van der Waals surface area contributed by atoms with Crippen molar-refractivity contribution >= 4 is 27.0 Å². The molecule has 7 heteroatoms. The molecule has 0 radical (unpaired) electrons. The predicted molar refractivity (Wildman–Crippen MR) is 88.6 cm³/mol. The van der Waals surface area contributed by atoms with Crippen LogP contribution in [0.1, 0.15) is 5.56 Å². The zero-order valence-corrected chi connectivity index (χ0v) is 13.7. The van der Waals surface area contributed by atoms with Gasteiger partial charge in [0.05, 0.1) is 23.6 Å². The lowest BCUT2D eigenvalue weighted by molar-refractivity contribution is 0.414. The number of rotatable bonds is 3.